The van der Waals surface area contributed by atoms with E-state index in [0.717, 1.165) is 17.0 Å². The van der Waals surface area contributed by atoms with Crippen molar-refractivity contribution in [3.8, 4) is 28.4 Å². The normalized spacial score (nSPS) is 11.6. The van der Waals surface area contributed by atoms with Crippen LogP contribution in [0.4, 0.5) is 5.95 Å². The van der Waals surface area contributed by atoms with Gasteiger partial charge in [-0.15, -0.1) is 0 Å². The lowest BCUT2D eigenvalue weighted by Crippen LogP contribution is -2.26. The van der Waals surface area contributed by atoms with E-state index < -0.39 is 10.0 Å². The van der Waals surface area contributed by atoms with E-state index in [4.69, 9.17) is 9.15 Å². The number of nitrogens with zero attached hydrogens (tertiary/aromatic N) is 4. The van der Waals surface area contributed by atoms with Gasteiger partial charge in [-0.25, -0.2) is 23.1 Å². The summed E-state index contributed by atoms with van der Waals surface area (Å²) in [6.07, 6.45) is 5.57. The van der Waals surface area contributed by atoms with Crippen molar-refractivity contribution in [1.29, 1.82) is 0 Å². The molecule has 0 radical (unpaired) electrons. The van der Waals surface area contributed by atoms with Crippen molar-refractivity contribution in [2.75, 3.05) is 25.5 Å². The lowest BCUT2D eigenvalue weighted by molar-refractivity contribution is 0.415. The molecule has 0 aliphatic heterocycles. The van der Waals surface area contributed by atoms with E-state index in [0.29, 0.717) is 36.1 Å². The molecule has 3 heterocycles. The minimum atomic E-state index is -3.53. The smallest absolute Gasteiger partial charge is 0.306 e. The molecule has 0 aliphatic rings. The van der Waals surface area contributed by atoms with Crippen molar-refractivity contribution in [2.45, 2.75) is 11.3 Å². The number of ether oxygens (including phenoxy) is 1. The topological polar surface area (TPSA) is 124 Å². The summed E-state index contributed by atoms with van der Waals surface area (Å²) in [5.74, 6) is 1.59. The van der Waals surface area contributed by atoms with E-state index in [2.05, 4.69) is 25.0 Å². The van der Waals surface area contributed by atoms with E-state index in [1.54, 1.807) is 62.2 Å². The number of benzene rings is 2. The van der Waals surface area contributed by atoms with Crippen LogP contribution in [0.3, 0.4) is 0 Å². The average Bonchev–Trinajstić information content (AvgIpc) is 3.51. The third kappa shape index (κ3) is 4.92. The number of fused-ring (bicyclic) bond motifs is 1. The van der Waals surface area contributed by atoms with Crippen LogP contribution in [-0.2, 0) is 10.0 Å². The summed E-state index contributed by atoms with van der Waals surface area (Å²) >= 11 is 0. The SMILES string of the molecule is COc1cccc(-c2nc3occn3c2-c2ccnc(NCCCNS(=O)(=O)c3ccccc3)n2)c1. The highest BCUT2D eigenvalue weighted by Crippen LogP contribution is 2.33. The van der Waals surface area contributed by atoms with Crippen LogP contribution < -0.4 is 14.8 Å². The molecule has 0 unspecified atom stereocenters. The maximum atomic E-state index is 12.3. The number of aromatic nitrogens is 4. The number of hydrogen-bond acceptors (Lipinski definition) is 8. The molecule has 0 aliphatic carbocycles. The van der Waals surface area contributed by atoms with Gasteiger partial charge in [0.15, 0.2) is 0 Å². The lowest BCUT2D eigenvalue weighted by atomic mass is 10.1. The number of rotatable bonds is 10. The molecule has 11 heteroatoms. The molecule has 0 bridgehead atoms. The van der Waals surface area contributed by atoms with E-state index in [1.165, 1.54) is 0 Å². The van der Waals surface area contributed by atoms with Gasteiger partial charge in [0.05, 0.1) is 17.7 Å². The molecule has 2 aromatic carbocycles. The molecular weight excluding hydrogens is 480 g/mol. The van der Waals surface area contributed by atoms with Gasteiger partial charge in [-0.3, -0.25) is 4.40 Å². The third-order valence-corrected chi connectivity index (χ3v) is 6.96. The van der Waals surface area contributed by atoms with Crippen molar-refractivity contribution in [3.63, 3.8) is 0 Å². The monoisotopic (exact) mass is 504 g/mol. The van der Waals surface area contributed by atoms with Gasteiger partial charge in [0.1, 0.15) is 23.4 Å². The summed E-state index contributed by atoms with van der Waals surface area (Å²) in [7, 11) is -1.91. The summed E-state index contributed by atoms with van der Waals surface area (Å²) in [4.78, 5) is 13.9. The van der Waals surface area contributed by atoms with E-state index >= 15 is 0 Å². The number of methoxy groups -OCH3 is 1. The number of hydrogen-bond donors (Lipinski definition) is 2. The second-order valence-corrected chi connectivity index (χ2v) is 9.62. The zero-order valence-corrected chi connectivity index (χ0v) is 20.3. The fraction of sp³-hybridized carbons (Fsp3) is 0.160. The van der Waals surface area contributed by atoms with Gasteiger partial charge in [0.25, 0.3) is 0 Å². The number of nitrogens with one attached hydrogen (secondary N) is 2. The molecule has 10 nitrogen and oxygen atoms in total. The van der Waals surface area contributed by atoms with Gasteiger partial charge in [-0.1, -0.05) is 30.3 Å². The van der Waals surface area contributed by atoms with Crippen LogP contribution >= 0.6 is 0 Å². The van der Waals surface area contributed by atoms with Crippen molar-refractivity contribution < 1.29 is 17.6 Å². The highest BCUT2D eigenvalue weighted by molar-refractivity contribution is 7.89. The van der Waals surface area contributed by atoms with Crippen LogP contribution in [0, 0.1) is 0 Å². The quantitative estimate of drug-likeness (QED) is 0.275. The summed E-state index contributed by atoms with van der Waals surface area (Å²) < 4.78 is 40.0. The molecule has 0 spiro atoms. The van der Waals surface area contributed by atoms with Gasteiger partial charge < -0.3 is 14.5 Å². The van der Waals surface area contributed by atoms with Gasteiger partial charge in [-0.2, -0.15) is 4.98 Å². The first-order valence-electron chi connectivity index (χ1n) is 11.3. The summed E-state index contributed by atoms with van der Waals surface area (Å²) in [5.41, 5.74) is 2.98. The highest BCUT2D eigenvalue weighted by Gasteiger charge is 2.20. The molecule has 184 valence electrons. The average molecular weight is 505 g/mol. The minimum Gasteiger partial charge on any atom is -0.497 e. The molecule has 2 N–H and O–H groups in total. The van der Waals surface area contributed by atoms with Crippen molar-refractivity contribution in [1.82, 2.24) is 24.1 Å². The number of anilines is 1. The molecule has 0 atom stereocenters. The zero-order valence-electron chi connectivity index (χ0n) is 19.5. The van der Waals surface area contributed by atoms with Crippen LogP contribution in [0.25, 0.3) is 28.5 Å². The van der Waals surface area contributed by atoms with Crippen LogP contribution in [0.5, 0.6) is 5.75 Å². The Morgan fingerprint density at radius 3 is 2.72 bits per heavy atom. The molecule has 5 aromatic rings. The number of imidazole rings is 1. The first-order valence-corrected chi connectivity index (χ1v) is 12.8. The van der Waals surface area contributed by atoms with Crippen LogP contribution in [-0.4, -0.2) is 48.0 Å². The first kappa shape index (κ1) is 23.5. The second-order valence-electron chi connectivity index (χ2n) is 7.85. The molecule has 3 aromatic heterocycles. The van der Waals surface area contributed by atoms with E-state index in [-0.39, 0.29) is 11.4 Å². The zero-order chi connectivity index (χ0) is 25.0. The predicted octanol–water partition coefficient (Wildman–Crippen LogP) is 3.84. The summed E-state index contributed by atoms with van der Waals surface area (Å²) in [6, 6.07) is 17.7. The van der Waals surface area contributed by atoms with Crippen LogP contribution in [0.1, 0.15) is 6.42 Å². The largest absolute Gasteiger partial charge is 0.497 e. The Hall–Kier alpha value is -4.22. The molecule has 0 fully saturated rings. The third-order valence-electron chi connectivity index (χ3n) is 5.49. The lowest BCUT2D eigenvalue weighted by Gasteiger charge is -2.09. The first-order chi connectivity index (χ1) is 17.5. The maximum Gasteiger partial charge on any atom is 0.306 e. The molecule has 0 saturated carbocycles. The van der Waals surface area contributed by atoms with Gasteiger partial charge >= 0.3 is 5.84 Å². The summed E-state index contributed by atoms with van der Waals surface area (Å²) in [5, 5.41) is 3.16. The minimum absolute atomic E-state index is 0.243. The van der Waals surface area contributed by atoms with Crippen molar-refractivity contribution in [3.05, 3.63) is 79.3 Å². The predicted molar refractivity (Wildman–Crippen MR) is 135 cm³/mol. The maximum absolute atomic E-state index is 12.3. The number of sulfonamides is 1. The fourth-order valence-electron chi connectivity index (χ4n) is 3.76. The van der Waals surface area contributed by atoms with Crippen LogP contribution in [0.15, 0.2) is 88.6 Å². The highest BCUT2D eigenvalue weighted by atomic mass is 32.2. The molecular formula is C25H24N6O4S. The Bertz CT molecular complexity index is 1580. The van der Waals surface area contributed by atoms with E-state index in [1.807, 2.05) is 28.7 Å². The molecule has 0 amide bonds. The Labute approximate surface area is 208 Å². The Kier molecular flexibility index (Phi) is 6.65. The Morgan fingerprint density at radius 1 is 1.03 bits per heavy atom. The fourth-order valence-corrected chi connectivity index (χ4v) is 4.85. The van der Waals surface area contributed by atoms with Crippen LogP contribution in [0.2, 0.25) is 0 Å². The molecule has 5 rings (SSSR count). The van der Waals surface area contributed by atoms with E-state index in [9.17, 15) is 8.42 Å². The standard InChI is InChI=1S/C25H24N6O4S/c1-34-19-8-5-7-18(17-19)22-23(31-15-16-35-25(31)30-22)21-11-14-27-24(29-21)26-12-6-13-28-36(32,33)20-9-3-2-4-10-20/h2-5,7-11,14-17,28H,6,12-13H2,1H3,(H,26,27,29). The Morgan fingerprint density at radius 2 is 1.89 bits per heavy atom. The molecule has 36 heavy (non-hydrogen) atoms. The Balaban J connectivity index is 1.30. The molecule has 0 saturated heterocycles. The van der Waals surface area contributed by atoms with Gasteiger partial charge in [0, 0.05) is 31.0 Å². The van der Waals surface area contributed by atoms with Gasteiger partial charge in [0.2, 0.25) is 16.0 Å². The van der Waals surface area contributed by atoms with Gasteiger partial charge in [-0.05, 0) is 36.8 Å². The number of oxazole rings is 1. The van der Waals surface area contributed by atoms with Crippen molar-refractivity contribution >= 4 is 21.8 Å². The second kappa shape index (κ2) is 10.2. The summed E-state index contributed by atoms with van der Waals surface area (Å²) in [6.45, 7) is 0.763. The van der Waals surface area contributed by atoms with Crippen molar-refractivity contribution in [2.24, 2.45) is 0 Å².